The van der Waals surface area contributed by atoms with Crippen molar-refractivity contribution in [2.45, 2.75) is 33.0 Å². The molecule has 0 saturated carbocycles. The van der Waals surface area contributed by atoms with Gasteiger partial charge < -0.3 is 28.6 Å². The number of hydrogen-bond donors (Lipinski definition) is 2. The summed E-state index contributed by atoms with van der Waals surface area (Å²) < 4.78 is 28.6. The molecule has 3 rings (SSSR count). The van der Waals surface area contributed by atoms with Crippen molar-refractivity contribution in [2.75, 3.05) is 13.0 Å². The van der Waals surface area contributed by atoms with E-state index in [1.165, 1.54) is 19.1 Å². The Morgan fingerprint density at radius 2 is 1.94 bits per heavy atom. The lowest BCUT2D eigenvalue weighted by Gasteiger charge is -2.25. The van der Waals surface area contributed by atoms with Crippen molar-refractivity contribution in [3.63, 3.8) is 0 Å². The fourth-order valence-electron chi connectivity index (χ4n) is 3.40. The average molecular weight is 492 g/mol. The Hall–Kier alpha value is -2.92. The molecule has 11 heteroatoms. The van der Waals surface area contributed by atoms with E-state index in [-0.39, 0.29) is 36.9 Å². The minimum atomic E-state index is -1.50. The van der Waals surface area contributed by atoms with E-state index in [2.05, 4.69) is 0 Å². The van der Waals surface area contributed by atoms with E-state index >= 15 is 0 Å². The number of halogens is 2. The largest absolute Gasteiger partial charge is 0.519 e. The summed E-state index contributed by atoms with van der Waals surface area (Å²) in [6.45, 7) is 2.20. The van der Waals surface area contributed by atoms with Crippen LogP contribution in [0.4, 0.5) is 4.39 Å². The Morgan fingerprint density at radius 1 is 1.24 bits per heavy atom. The average Bonchev–Trinajstić information content (AvgIpc) is 3.10. The standard InChI is InChI=1S/C23H24BClFNO7/c1-14-21(34-23(30)33-14)12-32-22(29)20(28)11-27(13-24(2)31)10-15-3-5-16(6-4-15)18-9-17(25)7-8-19(18)26/h3-9,20,28,31H,10-13H2,1-2H3/t20-/m1/s1. The molecule has 0 saturated heterocycles. The SMILES string of the molecule is CB(O)CN(Cc1ccc(-c2cc(Cl)ccc2F)cc1)C[C@@H](O)C(=O)OCc1oc(=O)oc1C. The van der Waals surface area contributed by atoms with Crippen LogP contribution in [0.5, 0.6) is 0 Å². The third-order valence-electron chi connectivity index (χ3n) is 5.01. The lowest BCUT2D eigenvalue weighted by Crippen LogP contribution is -2.41. The van der Waals surface area contributed by atoms with Crippen LogP contribution in [-0.4, -0.2) is 47.0 Å². The van der Waals surface area contributed by atoms with E-state index in [4.69, 9.17) is 25.2 Å². The quantitative estimate of drug-likeness (QED) is 0.329. The minimum absolute atomic E-state index is 0.0580. The maximum atomic E-state index is 14.1. The number of esters is 1. The smallest absolute Gasteiger partial charge is 0.455 e. The van der Waals surface area contributed by atoms with Gasteiger partial charge in [0.2, 0.25) is 0 Å². The van der Waals surface area contributed by atoms with Gasteiger partial charge in [-0.15, -0.1) is 0 Å². The van der Waals surface area contributed by atoms with Gasteiger partial charge in [-0.1, -0.05) is 42.7 Å². The van der Waals surface area contributed by atoms with E-state index in [9.17, 15) is 24.1 Å². The van der Waals surface area contributed by atoms with Crippen LogP contribution in [0.2, 0.25) is 11.8 Å². The number of ether oxygens (including phenoxy) is 1. The first-order valence-corrected chi connectivity index (χ1v) is 10.9. The first kappa shape index (κ1) is 25.7. The number of aliphatic hydroxyl groups is 1. The Balaban J connectivity index is 1.63. The first-order chi connectivity index (χ1) is 16.1. The lowest BCUT2D eigenvalue weighted by atomic mass is 9.71. The van der Waals surface area contributed by atoms with Gasteiger partial charge in [0.15, 0.2) is 24.2 Å². The topological polar surface area (TPSA) is 113 Å². The Kier molecular flexibility index (Phi) is 8.68. The molecule has 0 aliphatic rings. The molecular formula is C23H24BClFNO7. The molecule has 0 unspecified atom stereocenters. The minimum Gasteiger partial charge on any atom is -0.455 e. The molecule has 3 aromatic rings. The number of rotatable bonds is 10. The van der Waals surface area contributed by atoms with Gasteiger partial charge in [0.05, 0.1) is 0 Å². The van der Waals surface area contributed by atoms with Crippen LogP contribution in [-0.2, 0) is 22.7 Å². The van der Waals surface area contributed by atoms with Crippen molar-refractivity contribution in [3.8, 4) is 11.1 Å². The maximum absolute atomic E-state index is 14.1. The Labute approximate surface area is 200 Å². The summed E-state index contributed by atoms with van der Waals surface area (Å²) in [5.41, 5.74) is 1.85. The van der Waals surface area contributed by atoms with Crippen molar-refractivity contribution >= 4 is 24.5 Å². The molecule has 1 aromatic heterocycles. The molecule has 0 aliphatic heterocycles. The third-order valence-corrected chi connectivity index (χ3v) is 5.24. The summed E-state index contributed by atoms with van der Waals surface area (Å²) in [6.07, 6.45) is -1.32. The van der Waals surface area contributed by atoms with Gasteiger partial charge in [0.25, 0.3) is 6.92 Å². The second-order valence-corrected chi connectivity index (χ2v) is 8.36. The number of aliphatic hydroxyl groups excluding tert-OH is 1. The van der Waals surface area contributed by atoms with Crippen LogP contribution < -0.4 is 5.82 Å². The summed E-state index contributed by atoms with van der Waals surface area (Å²) in [6, 6.07) is 11.4. The molecule has 1 atom stereocenters. The number of carbonyl (C=O) groups excluding carboxylic acids is 1. The molecule has 2 aromatic carbocycles. The molecule has 0 fully saturated rings. The zero-order valence-electron chi connectivity index (χ0n) is 18.7. The molecule has 180 valence electrons. The maximum Gasteiger partial charge on any atom is 0.519 e. The van der Waals surface area contributed by atoms with E-state index in [1.54, 1.807) is 42.1 Å². The second kappa shape index (κ2) is 11.5. The summed E-state index contributed by atoms with van der Waals surface area (Å²) in [5.74, 6) is -1.96. The van der Waals surface area contributed by atoms with Gasteiger partial charge in [0, 0.05) is 30.1 Å². The molecule has 8 nitrogen and oxygen atoms in total. The Morgan fingerprint density at radius 3 is 2.56 bits per heavy atom. The molecule has 0 radical (unpaired) electrons. The van der Waals surface area contributed by atoms with E-state index in [0.29, 0.717) is 22.7 Å². The van der Waals surface area contributed by atoms with Crippen molar-refractivity contribution in [2.24, 2.45) is 0 Å². The molecule has 34 heavy (non-hydrogen) atoms. The van der Waals surface area contributed by atoms with Crippen molar-refractivity contribution < 1.29 is 32.9 Å². The zero-order chi connectivity index (χ0) is 24.8. The van der Waals surface area contributed by atoms with Crippen LogP contribution >= 0.6 is 11.6 Å². The summed E-state index contributed by atoms with van der Waals surface area (Å²) >= 11 is 5.97. The molecular weight excluding hydrogens is 468 g/mol. The van der Waals surface area contributed by atoms with Crippen molar-refractivity contribution in [1.82, 2.24) is 4.90 Å². The van der Waals surface area contributed by atoms with Crippen LogP contribution in [0, 0.1) is 12.7 Å². The van der Waals surface area contributed by atoms with Crippen LogP contribution in [0.15, 0.2) is 56.1 Å². The van der Waals surface area contributed by atoms with Crippen molar-refractivity contribution in [1.29, 1.82) is 0 Å². The van der Waals surface area contributed by atoms with Crippen LogP contribution in [0.3, 0.4) is 0 Å². The number of aryl methyl sites for hydroxylation is 1. The van der Waals surface area contributed by atoms with E-state index in [0.717, 1.165) is 5.56 Å². The number of carbonyl (C=O) groups is 1. The number of hydrogen-bond acceptors (Lipinski definition) is 8. The lowest BCUT2D eigenvalue weighted by molar-refractivity contribution is -0.156. The Bertz CT molecular complexity index is 1180. The monoisotopic (exact) mass is 491 g/mol. The summed E-state index contributed by atoms with van der Waals surface area (Å²) in [4.78, 5) is 25.0. The van der Waals surface area contributed by atoms with Crippen LogP contribution in [0.25, 0.3) is 11.1 Å². The van der Waals surface area contributed by atoms with E-state index in [1.807, 2.05) is 0 Å². The predicted molar refractivity (Wildman–Crippen MR) is 124 cm³/mol. The highest BCUT2D eigenvalue weighted by Gasteiger charge is 2.23. The van der Waals surface area contributed by atoms with Gasteiger partial charge in [-0.3, -0.25) is 0 Å². The number of nitrogens with zero attached hydrogens (tertiary/aromatic N) is 1. The molecule has 0 bridgehead atoms. The highest BCUT2D eigenvalue weighted by atomic mass is 35.5. The molecule has 0 aliphatic carbocycles. The second-order valence-electron chi connectivity index (χ2n) is 7.92. The normalized spacial score (nSPS) is 12.1. The first-order valence-electron chi connectivity index (χ1n) is 10.5. The molecule has 0 amide bonds. The zero-order valence-corrected chi connectivity index (χ0v) is 19.4. The highest BCUT2D eigenvalue weighted by Crippen LogP contribution is 2.26. The number of benzene rings is 2. The van der Waals surface area contributed by atoms with Gasteiger partial charge in [-0.05, 0) is 36.2 Å². The third kappa shape index (κ3) is 7.04. The van der Waals surface area contributed by atoms with Gasteiger partial charge in [-0.2, -0.15) is 0 Å². The molecule has 2 N–H and O–H groups in total. The highest BCUT2D eigenvalue weighted by molar-refractivity contribution is 6.48. The predicted octanol–water partition coefficient (Wildman–Crippen LogP) is 3.06. The fraction of sp³-hybridized carbons (Fsp3) is 0.304. The van der Waals surface area contributed by atoms with Gasteiger partial charge >= 0.3 is 11.8 Å². The fourth-order valence-corrected chi connectivity index (χ4v) is 3.57. The summed E-state index contributed by atoms with van der Waals surface area (Å²) in [5, 5.41) is 20.6. The van der Waals surface area contributed by atoms with Crippen molar-refractivity contribution in [3.05, 3.63) is 81.0 Å². The summed E-state index contributed by atoms with van der Waals surface area (Å²) in [7, 11) is 0. The van der Waals surface area contributed by atoms with E-state index < -0.39 is 24.8 Å². The van der Waals surface area contributed by atoms with Gasteiger partial charge in [-0.25, -0.2) is 14.0 Å². The molecule has 1 heterocycles. The molecule has 0 spiro atoms. The van der Waals surface area contributed by atoms with Gasteiger partial charge in [0.1, 0.15) is 5.82 Å². The van der Waals surface area contributed by atoms with Crippen LogP contribution in [0.1, 0.15) is 17.1 Å².